The molecule has 6 nitrogen and oxygen atoms in total. The minimum Gasteiger partial charge on any atom is -0.325 e. The van der Waals surface area contributed by atoms with E-state index in [0.29, 0.717) is 11.3 Å². The highest BCUT2D eigenvalue weighted by atomic mass is 32.2. The third-order valence-corrected chi connectivity index (χ3v) is 8.30. The smallest absolute Gasteiger partial charge is 0.272 e. The number of thiophene rings is 1. The molecule has 1 unspecified atom stereocenters. The van der Waals surface area contributed by atoms with Crippen LogP contribution in [-0.4, -0.2) is 17.7 Å². The number of aryl methyl sites for hydroxylation is 1. The number of hydrogen-bond acceptors (Lipinski definition) is 5. The summed E-state index contributed by atoms with van der Waals surface area (Å²) in [6.07, 6.45) is 1.65. The zero-order chi connectivity index (χ0) is 30.0. The van der Waals surface area contributed by atoms with Crippen LogP contribution in [0.2, 0.25) is 0 Å². The van der Waals surface area contributed by atoms with E-state index < -0.39 is 11.2 Å². The maximum Gasteiger partial charge on any atom is 0.272 e. The molecule has 0 saturated heterocycles. The molecule has 1 heterocycles. The number of anilines is 2. The highest BCUT2D eigenvalue weighted by Crippen LogP contribution is 2.37. The van der Waals surface area contributed by atoms with E-state index in [4.69, 9.17) is 0 Å². The van der Waals surface area contributed by atoms with E-state index >= 15 is 0 Å². The van der Waals surface area contributed by atoms with Gasteiger partial charge in [-0.3, -0.25) is 14.4 Å². The van der Waals surface area contributed by atoms with Gasteiger partial charge < -0.3 is 16.0 Å². The second-order valence-corrected chi connectivity index (χ2v) is 11.6. The molecule has 0 radical (unpaired) electrons. The second kappa shape index (κ2) is 14.3. The first kappa shape index (κ1) is 29.6. The van der Waals surface area contributed by atoms with Crippen LogP contribution in [0.1, 0.15) is 32.3 Å². The van der Waals surface area contributed by atoms with E-state index in [-0.39, 0.29) is 17.5 Å². The summed E-state index contributed by atoms with van der Waals surface area (Å²) in [5.41, 5.74) is 4.54. The predicted molar refractivity (Wildman–Crippen MR) is 176 cm³/mol. The summed E-state index contributed by atoms with van der Waals surface area (Å²) in [6.45, 7) is 1.98. The van der Waals surface area contributed by atoms with Gasteiger partial charge in [0, 0.05) is 21.8 Å². The van der Waals surface area contributed by atoms with Crippen molar-refractivity contribution in [2.45, 2.75) is 17.1 Å². The Morgan fingerprint density at radius 1 is 0.767 bits per heavy atom. The van der Waals surface area contributed by atoms with E-state index in [9.17, 15) is 14.4 Å². The minimum absolute atomic E-state index is 0.116. The second-order valence-electron chi connectivity index (χ2n) is 9.68. The van der Waals surface area contributed by atoms with Gasteiger partial charge in [-0.25, -0.2) is 0 Å². The molecule has 0 bridgehead atoms. The first-order valence-electron chi connectivity index (χ1n) is 13.6. The molecule has 0 saturated carbocycles. The van der Waals surface area contributed by atoms with Crippen LogP contribution in [-0.2, 0) is 9.59 Å². The Kier molecular flexibility index (Phi) is 9.84. The standard InChI is InChI=1S/C35H29N3O3S2/c1-24-10-8-15-28(20-24)37-35(41)32(26-11-4-2-5-12-26)43-30-17-9-16-29(22-30)36-34(40)31(21-25-18-19-42-23-25)38-33(39)27-13-6-3-7-14-27/h2-23,32H,1H3,(H,36,40)(H,37,41)(H,38,39)/b31-21-. The maximum absolute atomic E-state index is 13.5. The summed E-state index contributed by atoms with van der Waals surface area (Å²) in [7, 11) is 0. The van der Waals surface area contributed by atoms with Crippen LogP contribution in [0.15, 0.2) is 137 Å². The van der Waals surface area contributed by atoms with Gasteiger partial charge in [-0.15, -0.1) is 11.8 Å². The number of nitrogens with one attached hydrogen (secondary N) is 3. The largest absolute Gasteiger partial charge is 0.325 e. The molecule has 0 fully saturated rings. The summed E-state index contributed by atoms with van der Waals surface area (Å²) in [6, 6.07) is 35.2. The molecule has 4 aromatic carbocycles. The lowest BCUT2D eigenvalue weighted by Crippen LogP contribution is -2.30. The summed E-state index contributed by atoms with van der Waals surface area (Å²) in [4.78, 5) is 40.6. The molecule has 1 atom stereocenters. The fraction of sp³-hybridized carbons (Fsp3) is 0.0571. The number of amides is 3. The number of thioether (sulfide) groups is 1. The number of carbonyl (C=O) groups excluding carboxylic acids is 3. The van der Waals surface area contributed by atoms with Crippen molar-refractivity contribution in [2.24, 2.45) is 0 Å². The molecule has 0 aliphatic carbocycles. The Bertz CT molecular complexity index is 1740. The highest BCUT2D eigenvalue weighted by molar-refractivity contribution is 8.00. The average Bonchev–Trinajstić information content (AvgIpc) is 3.54. The zero-order valence-corrected chi connectivity index (χ0v) is 25.0. The molecule has 3 amide bonds. The molecule has 214 valence electrons. The first-order valence-corrected chi connectivity index (χ1v) is 15.4. The van der Waals surface area contributed by atoms with Gasteiger partial charge in [-0.2, -0.15) is 11.3 Å². The van der Waals surface area contributed by atoms with Crippen molar-refractivity contribution in [3.63, 3.8) is 0 Å². The quantitative estimate of drug-likeness (QED) is 0.112. The van der Waals surface area contributed by atoms with Gasteiger partial charge in [0.2, 0.25) is 5.91 Å². The molecular formula is C35H29N3O3S2. The summed E-state index contributed by atoms with van der Waals surface area (Å²) in [5.74, 6) is -0.998. The fourth-order valence-electron chi connectivity index (χ4n) is 4.28. The molecule has 0 aliphatic rings. The van der Waals surface area contributed by atoms with E-state index in [1.807, 2.05) is 103 Å². The predicted octanol–water partition coefficient (Wildman–Crippen LogP) is 7.94. The number of benzene rings is 4. The topological polar surface area (TPSA) is 87.3 Å². The molecule has 43 heavy (non-hydrogen) atoms. The average molecular weight is 604 g/mol. The van der Waals surface area contributed by atoms with Gasteiger partial charge in [-0.1, -0.05) is 66.7 Å². The van der Waals surface area contributed by atoms with Crippen LogP contribution in [0, 0.1) is 6.92 Å². The van der Waals surface area contributed by atoms with Crippen molar-refractivity contribution in [3.05, 3.63) is 154 Å². The third-order valence-electron chi connectivity index (χ3n) is 6.35. The Morgan fingerprint density at radius 2 is 1.47 bits per heavy atom. The van der Waals surface area contributed by atoms with Crippen LogP contribution >= 0.6 is 23.1 Å². The Hall–Kier alpha value is -4.92. The van der Waals surface area contributed by atoms with Gasteiger partial charge in [0.05, 0.1) is 0 Å². The molecule has 0 spiro atoms. The van der Waals surface area contributed by atoms with Crippen LogP contribution in [0.4, 0.5) is 11.4 Å². The van der Waals surface area contributed by atoms with Crippen LogP contribution in [0.5, 0.6) is 0 Å². The highest BCUT2D eigenvalue weighted by Gasteiger charge is 2.23. The summed E-state index contributed by atoms with van der Waals surface area (Å²) < 4.78 is 0. The normalized spacial score (nSPS) is 11.8. The van der Waals surface area contributed by atoms with Gasteiger partial charge in [0.25, 0.3) is 11.8 Å². The zero-order valence-electron chi connectivity index (χ0n) is 23.3. The van der Waals surface area contributed by atoms with Gasteiger partial charge in [0.15, 0.2) is 0 Å². The minimum atomic E-state index is -0.535. The maximum atomic E-state index is 13.5. The lowest BCUT2D eigenvalue weighted by Gasteiger charge is -2.18. The molecule has 5 aromatic rings. The van der Waals surface area contributed by atoms with Crippen molar-refractivity contribution in [2.75, 3.05) is 10.6 Å². The third kappa shape index (κ3) is 8.31. The molecule has 3 N–H and O–H groups in total. The number of carbonyl (C=O) groups is 3. The van der Waals surface area contributed by atoms with Gasteiger partial charge in [-0.05, 0) is 89.0 Å². The Balaban J connectivity index is 1.35. The van der Waals surface area contributed by atoms with Gasteiger partial charge >= 0.3 is 0 Å². The first-order chi connectivity index (χ1) is 20.9. The Labute approximate surface area is 258 Å². The lowest BCUT2D eigenvalue weighted by molar-refractivity contribution is -0.116. The molecule has 1 aromatic heterocycles. The molecule has 0 aliphatic heterocycles. The molecule has 5 rings (SSSR count). The lowest BCUT2D eigenvalue weighted by atomic mass is 10.1. The van der Waals surface area contributed by atoms with Crippen molar-refractivity contribution >= 4 is 58.3 Å². The van der Waals surface area contributed by atoms with E-state index in [1.165, 1.54) is 23.1 Å². The molecule has 8 heteroatoms. The van der Waals surface area contributed by atoms with Crippen molar-refractivity contribution in [3.8, 4) is 0 Å². The van der Waals surface area contributed by atoms with E-state index in [2.05, 4.69) is 16.0 Å². The monoisotopic (exact) mass is 603 g/mol. The van der Waals surface area contributed by atoms with Crippen LogP contribution < -0.4 is 16.0 Å². The van der Waals surface area contributed by atoms with Crippen molar-refractivity contribution in [1.82, 2.24) is 5.32 Å². The molecular weight excluding hydrogens is 575 g/mol. The summed E-state index contributed by atoms with van der Waals surface area (Å²) in [5, 5.41) is 12.0. The number of hydrogen-bond donors (Lipinski definition) is 3. The Morgan fingerprint density at radius 3 is 2.16 bits per heavy atom. The number of rotatable bonds is 10. The van der Waals surface area contributed by atoms with E-state index in [1.54, 1.807) is 36.4 Å². The fourth-order valence-corrected chi connectivity index (χ4v) is 5.98. The SMILES string of the molecule is Cc1cccc(NC(=O)C(Sc2cccc(NC(=O)/C(=C/c3ccsc3)NC(=O)c3ccccc3)c2)c2ccccc2)c1. The summed E-state index contributed by atoms with van der Waals surface area (Å²) >= 11 is 2.89. The van der Waals surface area contributed by atoms with Crippen LogP contribution in [0.3, 0.4) is 0 Å². The van der Waals surface area contributed by atoms with Crippen molar-refractivity contribution in [1.29, 1.82) is 0 Å². The van der Waals surface area contributed by atoms with E-state index in [0.717, 1.165) is 27.3 Å². The van der Waals surface area contributed by atoms with Gasteiger partial charge in [0.1, 0.15) is 10.9 Å². The van der Waals surface area contributed by atoms with Crippen molar-refractivity contribution < 1.29 is 14.4 Å². The van der Waals surface area contributed by atoms with Crippen LogP contribution in [0.25, 0.3) is 6.08 Å².